The number of alkyl halides is 3. The summed E-state index contributed by atoms with van der Waals surface area (Å²) in [6, 6.07) is 10.8. The van der Waals surface area contributed by atoms with Gasteiger partial charge in [0.05, 0.1) is 11.1 Å². The van der Waals surface area contributed by atoms with Crippen LogP contribution in [0.5, 0.6) is 0 Å². The Labute approximate surface area is 154 Å². The smallest absolute Gasteiger partial charge is 0.325 e. The summed E-state index contributed by atoms with van der Waals surface area (Å²) in [6.07, 6.45) is -2.11. The van der Waals surface area contributed by atoms with Crippen LogP contribution in [0, 0.1) is 6.92 Å². The second-order valence-electron chi connectivity index (χ2n) is 6.74. The minimum Gasteiger partial charge on any atom is -0.325 e. The highest BCUT2D eigenvalue weighted by Crippen LogP contribution is 2.37. The van der Waals surface area contributed by atoms with E-state index >= 15 is 0 Å². The summed E-state index contributed by atoms with van der Waals surface area (Å²) in [5.74, 6) is 0.308. The monoisotopic (exact) mass is 370 g/mol. The maximum atomic E-state index is 13.1. The van der Waals surface area contributed by atoms with Crippen molar-refractivity contribution in [2.75, 3.05) is 18.0 Å². The molecule has 0 saturated carbocycles. The number of carbonyl (C=O) groups is 1. The summed E-state index contributed by atoms with van der Waals surface area (Å²) in [5.41, 5.74) is 2.18. The van der Waals surface area contributed by atoms with E-state index in [9.17, 15) is 18.0 Å². The molecule has 0 aliphatic carbocycles. The lowest BCUT2D eigenvalue weighted by Crippen LogP contribution is -2.41. The number of benzene rings is 2. The number of nitrogens with zero attached hydrogens (tertiary/aromatic N) is 2. The molecule has 2 heterocycles. The zero-order valence-corrected chi connectivity index (χ0v) is 14.7. The topological polar surface area (TPSA) is 32.7 Å². The van der Waals surface area contributed by atoms with Gasteiger partial charge in [0, 0.05) is 24.3 Å². The fraction of sp³-hybridized carbons (Fsp3) is 0.238. The van der Waals surface area contributed by atoms with Crippen molar-refractivity contribution < 1.29 is 18.0 Å². The quantitative estimate of drug-likeness (QED) is 0.704. The maximum absolute atomic E-state index is 13.1. The molecule has 27 heavy (non-hydrogen) atoms. The van der Waals surface area contributed by atoms with E-state index in [1.165, 1.54) is 12.1 Å². The Bertz CT molecular complexity index is 972. The van der Waals surface area contributed by atoms with Crippen molar-refractivity contribution >= 4 is 23.4 Å². The summed E-state index contributed by atoms with van der Waals surface area (Å²) < 4.78 is 39.4. The van der Waals surface area contributed by atoms with E-state index in [-0.39, 0.29) is 5.78 Å². The van der Waals surface area contributed by atoms with Crippen molar-refractivity contribution in [3.05, 3.63) is 70.3 Å². The predicted molar refractivity (Wildman–Crippen MR) is 99.2 cm³/mol. The minimum absolute atomic E-state index is 0.233. The molecule has 6 heteroatoms. The molecular weight excluding hydrogens is 353 g/mol. The summed E-state index contributed by atoms with van der Waals surface area (Å²) in [5, 5.41) is 0. The second-order valence-corrected chi connectivity index (χ2v) is 6.74. The number of aryl methyl sites for hydroxylation is 1. The van der Waals surface area contributed by atoms with E-state index in [1.807, 2.05) is 24.0 Å². The molecule has 0 atom stereocenters. The van der Waals surface area contributed by atoms with Crippen molar-refractivity contribution in [1.82, 2.24) is 0 Å². The Balaban J connectivity index is 1.85. The number of hydrogen-bond acceptors (Lipinski definition) is 3. The van der Waals surface area contributed by atoms with Crippen LogP contribution in [0.25, 0.3) is 6.08 Å². The van der Waals surface area contributed by atoms with E-state index in [0.717, 1.165) is 24.1 Å². The molecule has 0 N–H and O–H groups in total. The van der Waals surface area contributed by atoms with Crippen LogP contribution in [0.2, 0.25) is 0 Å². The standard InChI is InChI=1S/C21H17F3N2O/c1-13-3-5-14(6-4-13)19(27)17-12-15-11-16(21(22,23)24)7-8-18(15)26-10-2-9-25-20(17)26/h3-8,11-12H,2,9-10H2,1H3. The van der Waals surface area contributed by atoms with Crippen LogP contribution in [0.1, 0.15) is 33.5 Å². The first kappa shape index (κ1) is 17.5. The number of hydrogen-bond donors (Lipinski definition) is 0. The number of rotatable bonds is 2. The number of aliphatic imine (C=N–C) groups is 1. The number of anilines is 1. The highest BCUT2D eigenvalue weighted by molar-refractivity contribution is 6.35. The van der Waals surface area contributed by atoms with Gasteiger partial charge in [-0.2, -0.15) is 13.2 Å². The van der Waals surface area contributed by atoms with Gasteiger partial charge in [-0.05, 0) is 43.2 Å². The number of Topliss-reactive ketones (excluding diaryl/α,β-unsaturated/α-hetero) is 1. The van der Waals surface area contributed by atoms with Crippen LogP contribution in [0.15, 0.2) is 53.0 Å². The van der Waals surface area contributed by atoms with Gasteiger partial charge < -0.3 is 4.90 Å². The Hall–Kier alpha value is -2.89. The van der Waals surface area contributed by atoms with Crippen LogP contribution in [0.3, 0.4) is 0 Å². The average Bonchev–Trinajstić information content (AvgIpc) is 2.66. The summed E-state index contributed by atoms with van der Waals surface area (Å²) in [4.78, 5) is 19.4. The van der Waals surface area contributed by atoms with Crippen LogP contribution in [-0.4, -0.2) is 24.7 Å². The number of amidine groups is 1. The van der Waals surface area contributed by atoms with Gasteiger partial charge in [0.25, 0.3) is 0 Å². The molecule has 3 nitrogen and oxygen atoms in total. The fourth-order valence-corrected chi connectivity index (χ4v) is 3.41. The number of ketones is 1. The van der Waals surface area contributed by atoms with Crippen molar-refractivity contribution in [2.24, 2.45) is 4.99 Å². The molecule has 0 radical (unpaired) electrons. The van der Waals surface area contributed by atoms with Gasteiger partial charge >= 0.3 is 6.18 Å². The van der Waals surface area contributed by atoms with Gasteiger partial charge in [0.2, 0.25) is 0 Å². The van der Waals surface area contributed by atoms with Gasteiger partial charge in [-0.15, -0.1) is 0 Å². The van der Waals surface area contributed by atoms with Gasteiger partial charge in [0.1, 0.15) is 5.84 Å². The zero-order chi connectivity index (χ0) is 19.2. The second kappa shape index (κ2) is 6.37. The van der Waals surface area contributed by atoms with E-state index in [4.69, 9.17) is 0 Å². The molecule has 0 saturated heterocycles. The van der Waals surface area contributed by atoms with Crippen molar-refractivity contribution in [2.45, 2.75) is 19.5 Å². The third-order valence-corrected chi connectivity index (χ3v) is 4.80. The normalized spacial score (nSPS) is 16.2. The van der Waals surface area contributed by atoms with Crippen molar-refractivity contribution in [3.8, 4) is 0 Å². The molecule has 0 spiro atoms. The minimum atomic E-state index is -4.43. The van der Waals surface area contributed by atoms with Crippen LogP contribution >= 0.6 is 0 Å². The van der Waals surface area contributed by atoms with Gasteiger partial charge in [-0.3, -0.25) is 9.79 Å². The third kappa shape index (κ3) is 3.16. The first-order valence-electron chi connectivity index (χ1n) is 8.71. The number of halogens is 3. The molecule has 2 aromatic carbocycles. The van der Waals surface area contributed by atoms with Crippen LogP contribution in [0.4, 0.5) is 18.9 Å². The highest BCUT2D eigenvalue weighted by atomic mass is 19.4. The first-order chi connectivity index (χ1) is 12.8. The lowest BCUT2D eigenvalue weighted by atomic mass is 9.93. The third-order valence-electron chi connectivity index (χ3n) is 4.80. The molecule has 138 valence electrons. The Morgan fingerprint density at radius 1 is 1.11 bits per heavy atom. The molecule has 0 fully saturated rings. The van der Waals surface area contributed by atoms with E-state index in [0.29, 0.717) is 41.3 Å². The molecule has 4 rings (SSSR count). The Morgan fingerprint density at radius 2 is 1.85 bits per heavy atom. The molecule has 2 aliphatic heterocycles. The SMILES string of the molecule is Cc1ccc(C(=O)C2=Cc3cc(C(F)(F)F)ccc3N3CCCN=C23)cc1. The first-order valence-corrected chi connectivity index (χ1v) is 8.71. The molecule has 2 aromatic rings. The summed E-state index contributed by atoms with van der Waals surface area (Å²) >= 11 is 0. The largest absolute Gasteiger partial charge is 0.416 e. The van der Waals surface area contributed by atoms with Crippen LogP contribution in [-0.2, 0) is 6.18 Å². The zero-order valence-electron chi connectivity index (χ0n) is 14.7. The van der Waals surface area contributed by atoms with Crippen molar-refractivity contribution in [3.63, 3.8) is 0 Å². The molecule has 0 bridgehead atoms. The predicted octanol–water partition coefficient (Wildman–Crippen LogP) is 4.90. The molecule has 0 aromatic heterocycles. The highest BCUT2D eigenvalue weighted by Gasteiger charge is 2.34. The average molecular weight is 370 g/mol. The fourth-order valence-electron chi connectivity index (χ4n) is 3.41. The van der Waals surface area contributed by atoms with Gasteiger partial charge in [-0.1, -0.05) is 29.8 Å². The lowest BCUT2D eigenvalue weighted by Gasteiger charge is -2.35. The maximum Gasteiger partial charge on any atom is 0.416 e. The number of carbonyl (C=O) groups excluding carboxylic acids is 1. The van der Waals surface area contributed by atoms with E-state index < -0.39 is 11.7 Å². The van der Waals surface area contributed by atoms with E-state index in [2.05, 4.69) is 4.99 Å². The van der Waals surface area contributed by atoms with Crippen LogP contribution < -0.4 is 4.90 Å². The number of fused-ring (bicyclic) bond motifs is 3. The summed E-state index contributed by atoms with van der Waals surface area (Å²) in [6.45, 7) is 3.14. The lowest BCUT2D eigenvalue weighted by molar-refractivity contribution is -0.137. The molecule has 2 aliphatic rings. The van der Waals surface area contributed by atoms with Gasteiger partial charge in [-0.25, -0.2) is 0 Å². The van der Waals surface area contributed by atoms with E-state index in [1.54, 1.807) is 12.1 Å². The molecular formula is C21H17F3N2O. The molecule has 0 unspecified atom stereocenters. The Kier molecular flexibility index (Phi) is 4.13. The van der Waals surface area contributed by atoms with Gasteiger partial charge in [0.15, 0.2) is 5.78 Å². The van der Waals surface area contributed by atoms with Crippen molar-refractivity contribution in [1.29, 1.82) is 0 Å². The molecule has 0 amide bonds. The summed E-state index contributed by atoms with van der Waals surface area (Å²) in [7, 11) is 0. The Morgan fingerprint density at radius 3 is 2.56 bits per heavy atom.